The minimum atomic E-state index is 0. The highest BCUT2D eigenvalue weighted by molar-refractivity contribution is 14.0. The standard InChI is InChI=1S/C19H28N4O4.HI/c1-3-18(24)23-9-7-14(12-23)22-19(20-4-2)21-8-10-25-15-5-6-16-17(11-15)27-13-26-16;/h5-6,11,14H,3-4,7-10,12-13H2,1-2H3,(H2,20,21,22);1H. The summed E-state index contributed by atoms with van der Waals surface area (Å²) in [6, 6.07) is 5.76. The van der Waals surface area contributed by atoms with Gasteiger partial charge in [-0.3, -0.25) is 4.79 Å². The first-order valence-corrected chi connectivity index (χ1v) is 9.54. The number of rotatable bonds is 7. The lowest BCUT2D eigenvalue weighted by Gasteiger charge is -2.18. The van der Waals surface area contributed by atoms with Crippen molar-refractivity contribution < 1.29 is 19.0 Å². The van der Waals surface area contributed by atoms with Gasteiger partial charge in [0.05, 0.1) is 6.54 Å². The smallest absolute Gasteiger partial charge is 0.231 e. The van der Waals surface area contributed by atoms with E-state index in [0.29, 0.717) is 25.3 Å². The summed E-state index contributed by atoms with van der Waals surface area (Å²) in [7, 11) is 0. The molecule has 0 radical (unpaired) electrons. The number of hydrogen-bond acceptors (Lipinski definition) is 5. The molecule has 1 saturated heterocycles. The van der Waals surface area contributed by atoms with E-state index < -0.39 is 0 Å². The summed E-state index contributed by atoms with van der Waals surface area (Å²) in [4.78, 5) is 18.3. The van der Waals surface area contributed by atoms with Crippen molar-refractivity contribution in [3.05, 3.63) is 18.2 Å². The van der Waals surface area contributed by atoms with Crippen LogP contribution in [0.15, 0.2) is 23.2 Å². The van der Waals surface area contributed by atoms with E-state index in [1.54, 1.807) is 0 Å². The Balaban J connectivity index is 0.00000280. The summed E-state index contributed by atoms with van der Waals surface area (Å²) in [6.07, 6.45) is 1.49. The van der Waals surface area contributed by atoms with Gasteiger partial charge in [0.1, 0.15) is 12.4 Å². The maximum Gasteiger partial charge on any atom is 0.231 e. The number of nitrogens with zero attached hydrogens (tertiary/aromatic N) is 2. The number of aliphatic imine (C=N–C) groups is 1. The molecule has 2 aliphatic heterocycles. The molecule has 1 aromatic carbocycles. The van der Waals surface area contributed by atoms with Crippen LogP contribution in [0.25, 0.3) is 0 Å². The van der Waals surface area contributed by atoms with Gasteiger partial charge in [-0.15, -0.1) is 24.0 Å². The fourth-order valence-corrected chi connectivity index (χ4v) is 3.13. The van der Waals surface area contributed by atoms with Gasteiger partial charge >= 0.3 is 0 Å². The van der Waals surface area contributed by atoms with Gasteiger partial charge < -0.3 is 29.7 Å². The van der Waals surface area contributed by atoms with Crippen molar-refractivity contribution in [1.82, 2.24) is 15.5 Å². The molecule has 2 heterocycles. The molecular formula is C19H29IN4O4. The van der Waals surface area contributed by atoms with Gasteiger partial charge in [0, 0.05) is 38.2 Å². The average Bonchev–Trinajstić information content (AvgIpc) is 3.33. The monoisotopic (exact) mass is 504 g/mol. The maximum atomic E-state index is 11.8. The first-order chi connectivity index (χ1) is 13.2. The summed E-state index contributed by atoms with van der Waals surface area (Å²) in [6.45, 7) is 7.47. The van der Waals surface area contributed by atoms with Crippen molar-refractivity contribution >= 4 is 35.8 Å². The van der Waals surface area contributed by atoms with E-state index >= 15 is 0 Å². The van der Waals surface area contributed by atoms with Crippen molar-refractivity contribution in [2.45, 2.75) is 32.7 Å². The van der Waals surface area contributed by atoms with Gasteiger partial charge in [0.25, 0.3) is 0 Å². The number of carbonyl (C=O) groups excluding carboxylic acids is 1. The molecule has 1 fully saturated rings. The van der Waals surface area contributed by atoms with Crippen molar-refractivity contribution in [3.8, 4) is 17.2 Å². The predicted molar refractivity (Wildman–Crippen MR) is 118 cm³/mol. The molecule has 1 aromatic rings. The van der Waals surface area contributed by atoms with Crippen molar-refractivity contribution in [3.63, 3.8) is 0 Å². The molecular weight excluding hydrogens is 475 g/mol. The molecule has 28 heavy (non-hydrogen) atoms. The molecule has 9 heteroatoms. The van der Waals surface area contributed by atoms with E-state index in [9.17, 15) is 4.79 Å². The molecule has 1 atom stereocenters. The second-order valence-electron chi connectivity index (χ2n) is 6.45. The van der Waals surface area contributed by atoms with Crippen LogP contribution in [0.4, 0.5) is 0 Å². The third-order valence-electron chi connectivity index (χ3n) is 4.50. The fraction of sp³-hybridized carbons (Fsp3) is 0.579. The lowest BCUT2D eigenvalue weighted by Crippen LogP contribution is -2.45. The molecule has 0 bridgehead atoms. The van der Waals surface area contributed by atoms with E-state index in [-0.39, 0.29) is 42.7 Å². The van der Waals surface area contributed by atoms with Crippen molar-refractivity contribution in [2.24, 2.45) is 4.99 Å². The highest BCUT2D eigenvalue weighted by Crippen LogP contribution is 2.34. The Kier molecular flexibility index (Phi) is 8.94. The Morgan fingerprint density at radius 2 is 2.14 bits per heavy atom. The molecule has 0 saturated carbocycles. The quantitative estimate of drug-likeness (QED) is 0.256. The molecule has 8 nitrogen and oxygen atoms in total. The van der Waals surface area contributed by atoms with Crippen LogP contribution < -0.4 is 24.8 Å². The van der Waals surface area contributed by atoms with Crippen LogP contribution in [0.3, 0.4) is 0 Å². The Morgan fingerprint density at radius 1 is 1.32 bits per heavy atom. The van der Waals surface area contributed by atoms with Gasteiger partial charge in [0.15, 0.2) is 17.5 Å². The first kappa shape index (κ1) is 22.4. The second kappa shape index (κ2) is 11.2. The second-order valence-corrected chi connectivity index (χ2v) is 6.45. The highest BCUT2D eigenvalue weighted by Gasteiger charge is 2.25. The van der Waals surface area contributed by atoms with Crippen LogP contribution in [-0.2, 0) is 4.79 Å². The summed E-state index contributed by atoms with van der Waals surface area (Å²) in [5.74, 6) is 3.14. The molecule has 2 aliphatic rings. The molecule has 156 valence electrons. The van der Waals surface area contributed by atoms with Crippen molar-refractivity contribution in [1.29, 1.82) is 0 Å². The lowest BCUT2D eigenvalue weighted by molar-refractivity contribution is -0.129. The summed E-state index contributed by atoms with van der Waals surface area (Å²) in [5.41, 5.74) is 0. The first-order valence-electron chi connectivity index (χ1n) is 9.54. The van der Waals surface area contributed by atoms with Gasteiger partial charge in [-0.1, -0.05) is 6.92 Å². The zero-order valence-electron chi connectivity index (χ0n) is 16.4. The molecule has 0 aromatic heterocycles. The highest BCUT2D eigenvalue weighted by atomic mass is 127. The predicted octanol–water partition coefficient (Wildman–Crippen LogP) is 1.98. The summed E-state index contributed by atoms with van der Waals surface area (Å²) in [5, 5.41) is 6.65. The van der Waals surface area contributed by atoms with E-state index in [1.807, 2.05) is 36.9 Å². The van der Waals surface area contributed by atoms with E-state index in [2.05, 4.69) is 15.6 Å². The number of fused-ring (bicyclic) bond motifs is 1. The number of hydrogen-bond donors (Lipinski definition) is 2. The number of nitrogens with one attached hydrogen (secondary N) is 2. The van der Waals surface area contributed by atoms with Gasteiger partial charge in [-0.2, -0.15) is 0 Å². The zero-order valence-corrected chi connectivity index (χ0v) is 18.7. The number of likely N-dealkylation sites (tertiary alicyclic amines) is 1. The number of guanidine groups is 1. The maximum absolute atomic E-state index is 11.8. The molecule has 1 unspecified atom stereocenters. The third kappa shape index (κ3) is 6.05. The Morgan fingerprint density at radius 3 is 2.93 bits per heavy atom. The van der Waals surface area contributed by atoms with Crippen LogP contribution in [0.5, 0.6) is 17.2 Å². The molecule has 0 aliphatic carbocycles. The van der Waals surface area contributed by atoms with Crippen LogP contribution in [-0.4, -0.2) is 62.4 Å². The molecule has 3 rings (SSSR count). The topological polar surface area (TPSA) is 84.4 Å². The van der Waals surface area contributed by atoms with Gasteiger partial charge in [0.2, 0.25) is 12.7 Å². The fourth-order valence-electron chi connectivity index (χ4n) is 3.13. The minimum absolute atomic E-state index is 0. The third-order valence-corrected chi connectivity index (χ3v) is 4.50. The van der Waals surface area contributed by atoms with E-state index in [4.69, 9.17) is 14.2 Å². The molecule has 0 spiro atoms. The minimum Gasteiger partial charge on any atom is -0.492 e. The summed E-state index contributed by atoms with van der Waals surface area (Å²) < 4.78 is 16.4. The van der Waals surface area contributed by atoms with Gasteiger partial charge in [-0.25, -0.2) is 4.99 Å². The van der Waals surface area contributed by atoms with Crippen molar-refractivity contribution in [2.75, 3.05) is 39.6 Å². The zero-order chi connectivity index (χ0) is 19.1. The number of benzene rings is 1. The largest absolute Gasteiger partial charge is 0.492 e. The Hall–Kier alpha value is -1.91. The van der Waals surface area contributed by atoms with Crippen LogP contribution >= 0.6 is 24.0 Å². The Labute approximate surface area is 183 Å². The van der Waals surface area contributed by atoms with Gasteiger partial charge in [-0.05, 0) is 25.5 Å². The normalized spacial score (nSPS) is 17.9. The van der Waals surface area contributed by atoms with E-state index in [1.165, 1.54) is 0 Å². The average molecular weight is 504 g/mol. The van der Waals surface area contributed by atoms with Crippen LogP contribution in [0.1, 0.15) is 26.7 Å². The van der Waals surface area contributed by atoms with Crippen LogP contribution in [0.2, 0.25) is 0 Å². The molecule has 2 N–H and O–H groups in total. The number of amides is 1. The SMILES string of the molecule is CCNC(=NCCOc1ccc2c(c1)OCO2)NC1CCN(C(=O)CC)C1.I. The Bertz CT molecular complexity index is 686. The summed E-state index contributed by atoms with van der Waals surface area (Å²) >= 11 is 0. The lowest BCUT2D eigenvalue weighted by atomic mass is 10.3. The molecule has 1 amide bonds. The van der Waals surface area contributed by atoms with Crippen LogP contribution in [0, 0.1) is 0 Å². The number of halogens is 1. The number of ether oxygens (including phenoxy) is 3. The van der Waals surface area contributed by atoms with E-state index in [0.717, 1.165) is 43.5 Å². The number of carbonyl (C=O) groups is 1.